The van der Waals surface area contributed by atoms with Gasteiger partial charge in [-0.1, -0.05) is 19.7 Å². The van der Waals surface area contributed by atoms with E-state index in [-0.39, 0.29) is 0 Å². The molecule has 0 aromatic rings. The Morgan fingerprint density at radius 3 is 1.55 bits per heavy atom. The molecule has 0 saturated heterocycles. The monoisotopic (exact) mass is 316 g/mol. The summed E-state index contributed by atoms with van der Waals surface area (Å²) in [7, 11) is 0. The number of aliphatic hydroxyl groups is 3. The molecular weight excluding hydrogens is 300 g/mol. The maximum absolute atomic E-state index is 11.3. The molecule has 22 heavy (non-hydrogen) atoms. The lowest BCUT2D eigenvalue weighted by Crippen LogP contribution is -2.63. The first-order valence-electron chi connectivity index (χ1n) is 5.70. The summed E-state index contributed by atoms with van der Waals surface area (Å²) in [5, 5.41) is 28.2. The fourth-order valence-electron chi connectivity index (χ4n) is 1.08. The molecule has 3 N–H and O–H groups in total. The molecule has 0 fully saturated rings. The number of hydrogen-bond acceptors (Lipinski definition) is 9. The summed E-state index contributed by atoms with van der Waals surface area (Å²) in [5.41, 5.74) is -2.80. The van der Waals surface area contributed by atoms with E-state index in [4.69, 9.17) is 0 Å². The normalized spacial score (nSPS) is 13.5. The fraction of sp³-hybridized carbons (Fsp3) is 0.308. The van der Waals surface area contributed by atoms with E-state index in [1.807, 2.05) is 0 Å². The number of esters is 3. The van der Waals surface area contributed by atoms with Crippen molar-refractivity contribution in [2.24, 2.45) is 0 Å². The molecule has 0 aliphatic carbocycles. The summed E-state index contributed by atoms with van der Waals surface area (Å²) in [6.07, 6.45) is -0.269. The Kier molecular flexibility index (Phi) is 6.65. The Bertz CT molecular complexity index is 466. The van der Waals surface area contributed by atoms with Gasteiger partial charge in [0.1, 0.15) is 0 Å². The predicted octanol–water partition coefficient (Wildman–Crippen LogP) is -1.11. The standard InChI is InChI=1S/C13H16O9/c1-5-8(14)20-11(21-9(15)6-2)12(4,13(17,18)19)22-10(16)7-3/h5-7,11,17-19H,1-3H2,4H3. The Balaban J connectivity index is 5.79. The van der Waals surface area contributed by atoms with Crippen molar-refractivity contribution >= 4 is 17.9 Å². The van der Waals surface area contributed by atoms with E-state index < -0.39 is 35.8 Å². The summed E-state index contributed by atoms with van der Waals surface area (Å²) in [6, 6.07) is 0. The molecule has 0 rings (SSSR count). The molecule has 0 radical (unpaired) electrons. The minimum atomic E-state index is -3.74. The van der Waals surface area contributed by atoms with Crippen LogP contribution < -0.4 is 0 Å². The highest BCUT2D eigenvalue weighted by atomic mass is 16.8. The van der Waals surface area contributed by atoms with Gasteiger partial charge in [-0.05, 0) is 6.92 Å². The van der Waals surface area contributed by atoms with Gasteiger partial charge in [0.05, 0.1) is 0 Å². The van der Waals surface area contributed by atoms with E-state index in [2.05, 4.69) is 33.9 Å². The number of hydrogen-bond donors (Lipinski definition) is 3. The van der Waals surface area contributed by atoms with Crippen molar-refractivity contribution in [3.63, 3.8) is 0 Å². The number of carbonyl (C=O) groups excluding carboxylic acids is 3. The Hall–Kier alpha value is -2.49. The molecule has 9 nitrogen and oxygen atoms in total. The van der Waals surface area contributed by atoms with Crippen LogP contribution in [0.4, 0.5) is 0 Å². The zero-order valence-corrected chi connectivity index (χ0v) is 11.7. The third kappa shape index (κ3) is 4.81. The lowest BCUT2D eigenvalue weighted by molar-refractivity contribution is -0.417. The van der Waals surface area contributed by atoms with E-state index in [9.17, 15) is 29.7 Å². The van der Waals surface area contributed by atoms with Crippen LogP contribution >= 0.6 is 0 Å². The van der Waals surface area contributed by atoms with Crippen molar-refractivity contribution < 1.29 is 43.9 Å². The lowest BCUT2D eigenvalue weighted by Gasteiger charge is -2.39. The van der Waals surface area contributed by atoms with Crippen LogP contribution in [0.15, 0.2) is 38.0 Å². The van der Waals surface area contributed by atoms with Crippen LogP contribution in [0.1, 0.15) is 6.92 Å². The van der Waals surface area contributed by atoms with Gasteiger partial charge in [0.15, 0.2) is 0 Å². The van der Waals surface area contributed by atoms with Gasteiger partial charge in [-0.2, -0.15) is 0 Å². The molecule has 0 saturated carbocycles. The van der Waals surface area contributed by atoms with Gasteiger partial charge < -0.3 is 29.5 Å². The molecule has 0 amide bonds. The molecule has 1 atom stereocenters. The molecule has 0 spiro atoms. The van der Waals surface area contributed by atoms with E-state index in [1.165, 1.54) is 0 Å². The highest BCUT2D eigenvalue weighted by Crippen LogP contribution is 2.30. The van der Waals surface area contributed by atoms with Crippen molar-refractivity contribution in [3.05, 3.63) is 38.0 Å². The second-order valence-electron chi connectivity index (χ2n) is 3.98. The zero-order chi connectivity index (χ0) is 17.6. The van der Waals surface area contributed by atoms with E-state index in [0.717, 1.165) is 6.92 Å². The fourth-order valence-corrected chi connectivity index (χ4v) is 1.08. The first kappa shape index (κ1) is 19.5. The number of rotatable bonds is 8. The zero-order valence-electron chi connectivity index (χ0n) is 11.7. The molecule has 122 valence electrons. The third-order valence-corrected chi connectivity index (χ3v) is 2.37. The van der Waals surface area contributed by atoms with Gasteiger partial charge in [-0.3, -0.25) is 0 Å². The molecular formula is C13H16O9. The van der Waals surface area contributed by atoms with Crippen LogP contribution in [-0.2, 0) is 28.6 Å². The summed E-state index contributed by atoms with van der Waals surface area (Å²) in [4.78, 5) is 33.8. The van der Waals surface area contributed by atoms with Crippen molar-refractivity contribution in [3.8, 4) is 0 Å². The smallest absolute Gasteiger partial charge is 0.333 e. The number of carbonyl (C=O) groups is 3. The van der Waals surface area contributed by atoms with Gasteiger partial charge in [0.2, 0.25) is 0 Å². The second-order valence-corrected chi connectivity index (χ2v) is 3.98. The average Bonchev–Trinajstić information content (AvgIpc) is 2.44. The summed E-state index contributed by atoms with van der Waals surface area (Å²) in [6.45, 7) is 9.99. The minimum absolute atomic E-state index is 0.631. The quantitative estimate of drug-likeness (QED) is 0.289. The van der Waals surface area contributed by atoms with Gasteiger partial charge in [0, 0.05) is 18.2 Å². The van der Waals surface area contributed by atoms with E-state index >= 15 is 0 Å². The predicted molar refractivity (Wildman–Crippen MR) is 70.4 cm³/mol. The Morgan fingerprint density at radius 1 is 0.909 bits per heavy atom. The molecule has 0 aromatic heterocycles. The van der Waals surface area contributed by atoms with E-state index in [0.29, 0.717) is 18.2 Å². The van der Waals surface area contributed by atoms with Gasteiger partial charge >= 0.3 is 23.9 Å². The van der Waals surface area contributed by atoms with Crippen molar-refractivity contribution in [2.45, 2.75) is 24.8 Å². The molecule has 0 aliphatic heterocycles. The molecule has 9 heteroatoms. The molecule has 1 unspecified atom stereocenters. The minimum Gasteiger partial charge on any atom is -0.439 e. The number of ether oxygens (including phenoxy) is 3. The van der Waals surface area contributed by atoms with Crippen LogP contribution in [0, 0.1) is 0 Å². The molecule has 0 heterocycles. The molecule has 0 aromatic carbocycles. The maximum atomic E-state index is 11.3. The van der Waals surface area contributed by atoms with Gasteiger partial charge in [-0.15, -0.1) is 0 Å². The average molecular weight is 316 g/mol. The molecule has 0 aliphatic rings. The topological polar surface area (TPSA) is 140 Å². The van der Waals surface area contributed by atoms with Crippen molar-refractivity contribution in [2.75, 3.05) is 0 Å². The second kappa shape index (κ2) is 7.50. The van der Waals surface area contributed by atoms with E-state index in [1.54, 1.807) is 0 Å². The van der Waals surface area contributed by atoms with Crippen LogP contribution in [0.25, 0.3) is 0 Å². The van der Waals surface area contributed by atoms with Gasteiger partial charge in [-0.25, -0.2) is 14.4 Å². The highest BCUT2D eigenvalue weighted by Gasteiger charge is 2.58. The highest BCUT2D eigenvalue weighted by molar-refractivity contribution is 5.84. The summed E-state index contributed by atoms with van der Waals surface area (Å²) < 4.78 is 13.7. The van der Waals surface area contributed by atoms with Crippen LogP contribution in [0.3, 0.4) is 0 Å². The van der Waals surface area contributed by atoms with Crippen molar-refractivity contribution in [1.29, 1.82) is 0 Å². The summed E-state index contributed by atoms with van der Waals surface area (Å²) >= 11 is 0. The Labute approximate surface area is 125 Å². The van der Waals surface area contributed by atoms with Crippen LogP contribution in [-0.4, -0.2) is 51.1 Å². The largest absolute Gasteiger partial charge is 0.439 e. The van der Waals surface area contributed by atoms with Crippen LogP contribution in [0.5, 0.6) is 0 Å². The first-order valence-corrected chi connectivity index (χ1v) is 5.70. The SMILES string of the molecule is C=CC(=O)OC(OC(=O)C=C)C(C)(OC(=O)C=C)C(O)(O)O. The first-order chi connectivity index (χ1) is 10.0. The maximum Gasteiger partial charge on any atom is 0.333 e. The Morgan fingerprint density at radius 2 is 1.27 bits per heavy atom. The molecule has 0 bridgehead atoms. The summed E-state index contributed by atoms with van der Waals surface area (Å²) in [5.74, 6) is -7.28. The third-order valence-electron chi connectivity index (χ3n) is 2.37. The van der Waals surface area contributed by atoms with Crippen molar-refractivity contribution in [1.82, 2.24) is 0 Å². The lowest BCUT2D eigenvalue weighted by atomic mass is 10.0. The van der Waals surface area contributed by atoms with Crippen LogP contribution in [0.2, 0.25) is 0 Å². The van der Waals surface area contributed by atoms with Gasteiger partial charge in [0.25, 0.3) is 11.9 Å².